The van der Waals surface area contributed by atoms with Crippen molar-refractivity contribution in [3.05, 3.63) is 20.8 Å². The largest absolute Gasteiger partial charge is 0.337 e. The Bertz CT molecular complexity index is 393. The van der Waals surface area contributed by atoms with Crippen LogP contribution in [0.15, 0.2) is 15.9 Å². The summed E-state index contributed by atoms with van der Waals surface area (Å²) in [5.41, 5.74) is 0. The average molecular weight is 367 g/mol. The summed E-state index contributed by atoms with van der Waals surface area (Å²) in [6, 6.07) is 3.81. The highest BCUT2D eigenvalue weighted by Crippen LogP contribution is 2.27. The number of halogens is 2. The number of nitrogens with zero attached hydrogens (tertiary/aromatic N) is 1. The number of rotatable bonds is 1. The molecule has 0 bridgehead atoms. The van der Waals surface area contributed by atoms with Gasteiger partial charge in [-0.05, 0) is 40.4 Å². The van der Waals surface area contributed by atoms with E-state index in [9.17, 15) is 4.79 Å². The fourth-order valence-corrected chi connectivity index (χ4v) is 3.76. The Balaban J connectivity index is 2.06. The zero-order valence-corrected chi connectivity index (χ0v) is 12.9. The molecular weight excluding hydrogens is 354 g/mol. The van der Waals surface area contributed by atoms with Gasteiger partial charge in [-0.2, -0.15) is 0 Å². The minimum absolute atomic E-state index is 0.159. The summed E-state index contributed by atoms with van der Waals surface area (Å²) in [4.78, 5) is 15.3. The number of thiophene rings is 1. The standard InChI is InChI=1S/C11H13Br2NOS/c1-7-4-5-14(6-8(7)12)11(15)9-2-3-10(13)16-9/h2-3,7-8H,4-6H2,1H3. The average Bonchev–Trinajstić information content (AvgIpc) is 2.68. The van der Waals surface area contributed by atoms with Crippen LogP contribution in [0.4, 0.5) is 0 Å². The molecule has 1 amide bonds. The second-order valence-corrected chi connectivity index (χ2v) is 7.78. The number of hydrogen-bond acceptors (Lipinski definition) is 2. The first kappa shape index (κ1) is 12.6. The van der Waals surface area contributed by atoms with Gasteiger partial charge in [0.1, 0.15) is 0 Å². The molecule has 2 unspecified atom stereocenters. The molecule has 1 aromatic rings. The van der Waals surface area contributed by atoms with Crippen molar-refractivity contribution >= 4 is 49.1 Å². The van der Waals surface area contributed by atoms with Gasteiger partial charge in [-0.1, -0.05) is 22.9 Å². The number of likely N-dealkylation sites (tertiary alicyclic amines) is 1. The topological polar surface area (TPSA) is 20.3 Å². The van der Waals surface area contributed by atoms with Crippen molar-refractivity contribution in [1.29, 1.82) is 0 Å². The molecule has 0 radical (unpaired) electrons. The van der Waals surface area contributed by atoms with Crippen molar-refractivity contribution in [3.8, 4) is 0 Å². The van der Waals surface area contributed by atoms with E-state index in [0.29, 0.717) is 10.7 Å². The maximum Gasteiger partial charge on any atom is 0.263 e. The van der Waals surface area contributed by atoms with Crippen LogP contribution in [0.25, 0.3) is 0 Å². The molecule has 1 aliphatic rings. The molecule has 2 nitrogen and oxygen atoms in total. The Morgan fingerprint density at radius 2 is 2.31 bits per heavy atom. The van der Waals surface area contributed by atoms with Gasteiger partial charge in [0.2, 0.25) is 0 Å². The van der Waals surface area contributed by atoms with E-state index in [1.54, 1.807) is 0 Å². The molecule has 1 saturated heterocycles. The third-order valence-corrected chi connectivity index (χ3v) is 5.74. The van der Waals surface area contributed by atoms with Crippen molar-refractivity contribution < 1.29 is 4.79 Å². The van der Waals surface area contributed by atoms with Crippen LogP contribution in [-0.4, -0.2) is 28.7 Å². The fourth-order valence-electron chi connectivity index (χ4n) is 1.79. The summed E-state index contributed by atoms with van der Waals surface area (Å²) in [6.45, 7) is 3.91. The lowest BCUT2D eigenvalue weighted by atomic mass is 9.99. The van der Waals surface area contributed by atoms with E-state index >= 15 is 0 Å². The summed E-state index contributed by atoms with van der Waals surface area (Å²) in [6.07, 6.45) is 1.08. The highest BCUT2D eigenvalue weighted by molar-refractivity contribution is 9.11. The Morgan fingerprint density at radius 1 is 1.56 bits per heavy atom. The summed E-state index contributed by atoms with van der Waals surface area (Å²) < 4.78 is 1.01. The van der Waals surface area contributed by atoms with Gasteiger partial charge < -0.3 is 4.90 Å². The van der Waals surface area contributed by atoms with Gasteiger partial charge in [0.15, 0.2) is 0 Å². The normalized spacial score (nSPS) is 25.8. The molecule has 88 valence electrons. The number of hydrogen-bond donors (Lipinski definition) is 0. The summed E-state index contributed by atoms with van der Waals surface area (Å²) >= 11 is 8.53. The lowest BCUT2D eigenvalue weighted by molar-refractivity contribution is 0.0711. The molecule has 2 rings (SSSR count). The molecule has 5 heteroatoms. The Morgan fingerprint density at radius 3 is 2.88 bits per heavy atom. The molecule has 16 heavy (non-hydrogen) atoms. The minimum Gasteiger partial charge on any atom is -0.337 e. The monoisotopic (exact) mass is 365 g/mol. The summed E-state index contributed by atoms with van der Waals surface area (Å²) in [7, 11) is 0. The van der Waals surface area contributed by atoms with Crippen molar-refractivity contribution in [2.45, 2.75) is 18.2 Å². The summed E-state index contributed by atoms with van der Waals surface area (Å²) in [5, 5.41) is 0. The molecular formula is C11H13Br2NOS. The first-order valence-corrected chi connectivity index (χ1v) is 7.79. The molecule has 0 aromatic carbocycles. The maximum absolute atomic E-state index is 12.2. The molecule has 2 atom stereocenters. The zero-order valence-electron chi connectivity index (χ0n) is 8.95. The molecule has 0 N–H and O–H groups in total. The van der Waals surface area contributed by atoms with Crippen LogP contribution in [0.2, 0.25) is 0 Å². The van der Waals surface area contributed by atoms with Gasteiger partial charge in [0.25, 0.3) is 5.91 Å². The van der Waals surface area contributed by atoms with Crippen LogP contribution in [0.1, 0.15) is 23.0 Å². The number of carbonyl (C=O) groups is 1. The van der Waals surface area contributed by atoms with E-state index in [0.717, 1.165) is 28.2 Å². The lowest BCUT2D eigenvalue weighted by Crippen LogP contribution is -2.43. The van der Waals surface area contributed by atoms with Crippen molar-refractivity contribution in [2.24, 2.45) is 5.92 Å². The molecule has 0 spiro atoms. The number of alkyl halides is 1. The quantitative estimate of drug-likeness (QED) is 0.693. The molecule has 0 saturated carbocycles. The van der Waals surface area contributed by atoms with Crippen LogP contribution in [0, 0.1) is 5.92 Å². The van der Waals surface area contributed by atoms with Crippen LogP contribution in [0.5, 0.6) is 0 Å². The van der Waals surface area contributed by atoms with E-state index in [2.05, 4.69) is 38.8 Å². The number of piperidine rings is 1. The van der Waals surface area contributed by atoms with E-state index in [1.807, 2.05) is 17.0 Å². The fraction of sp³-hybridized carbons (Fsp3) is 0.545. The van der Waals surface area contributed by atoms with Gasteiger partial charge in [0.05, 0.1) is 8.66 Å². The van der Waals surface area contributed by atoms with Crippen molar-refractivity contribution in [3.63, 3.8) is 0 Å². The maximum atomic E-state index is 12.2. The Hall–Kier alpha value is 0.130. The third-order valence-electron chi connectivity index (χ3n) is 2.94. The molecule has 0 aliphatic carbocycles. The first-order valence-electron chi connectivity index (χ1n) is 5.26. The molecule has 1 aromatic heterocycles. The van der Waals surface area contributed by atoms with Crippen molar-refractivity contribution in [1.82, 2.24) is 4.90 Å². The van der Waals surface area contributed by atoms with E-state index in [4.69, 9.17) is 0 Å². The van der Waals surface area contributed by atoms with Gasteiger partial charge in [-0.3, -0.25) is 4.79 Å². The van der Waals surface area contributed by atoms with Crippen LogP contribution in [-0.2, 0) is 0 Å². The predicted octanol–water partition coefficient (Wildman–Crippen LogP) is 3.76. The Labute approximate surface area is 116 Å². The first-order chi connectivity index (χ1) is 7.58. The number of amides is 1. The second kappa shape index (κ2) is 5.19. The Kier molecular flexibility index (Phi) is 4.08. The van der Waals surface area contributed by atoms with Crippen LogP contribution < -0.4 is 0 Å². The van der Waals surface area contributed by atoms with Crippen LogP contribution >= 0.6 is 43.2 Å². The highest BCUT2D eigenvalue weighted by atomic mass is 79.9. The van der Waals surface area contributed by atoms with Gasteiger partial charge in [0, 0.05) is 17.9 Å². The zero-order chi connectivity index (χ0) is 11.7. The third kappa shape index (κ3) is 2.68. The highest BCUT2D eigenvalue weighted by Gasteiger charge is 2.28. The van der Waals surface area contributed by atoms with Gasteiger partial charge >= 0.3 is 0 Å². The van der Waals surface area contributed by atoms with E-state index < -0.39 is 0 Å². The van der Waals surface area contributed by atoms with E-state index in [-0.39, 0.29) is 5.91 Å². The molecule has 1 aliphatic heterocycles. The van der Waals surface area contributed by atoms with Gasteiger partial charge in [-0.25, -0.2) is 0 Å². The van der Waals surface area contributed by atoms with Crippen molar-refractivity contribution in [2.75, 3.05) is 13.1 Å². The predicted molar refractivity (Wildman–Crippen MR) is 74.4 cm³/mol. The second-order valence-electron chi connectivity index (χ2n) is 4.14. The minimum atomic E-state index is 0.159. The smallest absolute Gasteiger partial charge is 0.263 e. The van der Waals surface area contributed by atoms with E-state index in [1.165, 1.54) is 11.3 Å². The number of carbonyl (C=O) groups excluding carboxylic acids is 1. The lowest BCUT2D eigenvalue weighted by Gasteiger charge is -2.33. The SMILES string of the molecule is CC1CCN(C(=O)c2ccc(Br)s2)CC1Br. The van der Waals surface area contributed by atoms with Crippen LogP contribution in [0.3, 0.4) is 0 Å². The molecule has 1 fully saturated rings. The molecule has 2 heterocycles. The van der Waals surface area contributed by atoms with Gasteiger partial charge in [-0.15, -0.1) is 11.3 Å². The summed E-state index contributed by atoms with van der Waals surface area (Å²) in [5.74, 6) is 0.811.